The van der Waals surface area contributed by atoms with E-state index in [9.17, 15) is 14.3 Å². The summed E-state index contributed by atoms with van der Waals surface area (Å²) >= 11 is 0. The molecule has 1 aromatic heterocycles. The highest BCUT2D eigenvalue weighted by Gasteiger charge is 2.28. The largest absolute Gasteiger partial charge is 0.478 e. The minimum Gasteiger partial charge on any atom is -0.478 e. The van der Waals surface area contributed by atoms with Gasteiger partial charge < -0.3 is 5.11 Å². The van der Waals surface area contributed by atoms with Crippen molar-refractivity contribution in [1.29, 1.82) is 0 Å². The number of carboxylic acids is 1. The van der Waals surface area contributed by atoms with Crippen molar-refractivity contribution in [3.05, 3.63) is 40.8 Å². The molecule has 0 saturated carbocycles. The molecule has 2 aromatic rings. The zero-order valence-electron chi connectivity index (χ0n) is 12.2. The predicted molar refractivity (Wildman–Crippen MR) is 79.0 cm³/mol. The Morgan fingerprint density at radius 1 is 1.43 bits per heavy atom. The van der Waals surface area contributed by atoms with Crippen LogP contribution in [0, 0.1) is 17.7 Å². The van der Waals surface area contributed by atoms with Gasteiger partial charge in [-0.3, -0.25) is 4.98 Å². The van der Waals surface area contributed by atoms with Crippen molar-refractivity contribution in [2.45, 2.75) is 33.1 Å². The second-order valence-electron chi connectivity index (χ2n) is 6.13. The summed E-state index contributed by atoms with van der Waals surface area (Å²) in [7, 11) is 0. The average Bonchev–Trinajstić information content (AvgIpc) is 2.43. The molecule has 4 heteroatoms. The first kappa shape index (κ1) is 14.0. The quantitative estimate of drug-likeness (QED) is 0.913. The molecule has 3 nitrogen and oxygen atoms in total. The van der Waals surface area contributed by atoms with Gasteiger partial charge in [-0.1, -0.05) is 13.8 Å². The molecule has 0 fully saturated rings. The maximum Gasteiger partial charge on any atom is 0.336 e. The highest BCUT2D eigenvalue weighted by molar-refractivity contribution is 6.04. The number of carbonyl (C=O) groups is 1. The lowest BCUT2D eigenvalue weighted by Crippen LogP contribution is -2.23. The lowest BCUT2D eigenvalue weighted by molar-refractivity contribution is 0.0696. The number of nitrogens with zero attached hydrogens (tertiary/aromatic N) is 1. The molecule has 21 heavy (non-hydrogen) atoms. The van der Waals surface area contributed by atoms with E-state index in [1.807, 2.05) is 0 Å². The Balaban J connectivity index is 2.25. The number of hydrogen-bond donors (Lipinski definition) is 1. The normalized spacial score (nSPS) is 18.0. The summed E-state index contributed by atoms with van der Waals surface area (Å²) in [5, 5.41) is 10.1. The summed E-state index contributed by atoms with van der Waals surface area (Å²) < 4.78 is 13.4. The molecule has 110 valence electrons. The van der Waals surface area contributed by atoms with Gasteiger partial charge in [0.15, 0.2) is 0 Å². The first-order valence-electron chi connectivity index (χ1n) is 7.31. The third-order valence-corrected chi connectivity index (χ3v) is 4.51. The molecule has 0 aliphatic heterocycles. The van der Waals surface area contributed by atoms with Gasteiger partial charge in [0.25, 0.3) is 0 Å². The molecule has 0 saturated heterocycles. The number of aryl methyl sites for hydroxylation is 1. The van der Waals surface area contributed by atoms with Crippen LogP contribution >= 0.6 is 0 Å². The monoisotopic (exact) mass is 287 g/mol. The maximum atomic E-state index is 13.4. The van der Waals surface area contributed by atoms with Crippen molar-refractivity contribution >= 4 is 16.9 Å². The topological polar surface area (TPSA) is 50.2 Å². The number of hydrogen-bond acceptors (Lipinski definition) is 2. The number of aromatic nitrogens is 1. The average molecular weight is 287 g/mol. The van der Waals surface area contributed by atoms with E-state index < -0.39 is 5.97 Å². The van der Waals surface area contributed by atoms with Crippen molar-refractivity contribution < 1.29 is 14.3 Å². The van der Waals surface area contributed by atoms with Crippen LogP contribution in [0.15, 0.2) is 18.2 Å². The van der Waals surface area contributed by atoms with E-state index in [-0.39, 0.29) is 5.82 Å². The SMILES string of the molecule is CC(C)C1CCc2nc3cc(F)ccc3c(C(=O)O)c2C1. The van der Waals surface area contributed by atoms with E-state index in [0.29, 0.717) is 28.3 Å². The fraction of sp³-hybridized carbons (Fsp3) is 0.412. The standard InChI is InChI=1S/C17H18FNO2/c1-9(2)10-3-6-14-13(7-10)16(17(20)21)12-5-4-11(18)8-15(12)19-14/h4-5,8-10H,3,6-7H2,1-2H3,(H,20,21). The molecule has 1 heterocycles. The summed E-state index contributed by atoms with van der Waals surface area (Å²) in [5.41, 5.74) is 2.41. The Morgan fingerprint density at radius 2 is 2.19 bits per heavy atom. The maximum absolute atomic E-state index is 13.4. The Kier molecular flexibility index (Phi) is 3.40. The van der Waals surface area contributed by atoms with Crippen LogP contribution in [0.2, 0.25) is 0 Å². The minimum atomic E-state index is -0.949. The van der Waals surface area contributed by atoms with Crippen molar-refractivity contribution in [2.75, 3.05) is 0 Å². The Labute approximate surface area is 122 Å². The van der Waals surface area contributed by atoms with Crippen molar-refractivity contribution in [3.8, 4) is 0 Å². The summed E-state index contributed by atoms with van der Waals surface area (Å²) in [6.07, 6.45) is 2.53. The lowest BCUT2D eigenvalue weighted by atomic mass is 9.78. The number of fused-ring (bicyclic) bond motifs is 2. The van der Waals surface area contributed by atoms with Crippen LogP contribution in [0.4, 0.5) is 4.39 Å². The highest BCUT2D eigenvalue weighted by atomic mass is 19.1. The molecule has 0 bridgehead atoms. The van der Waals surface area contributed by atoms with Crippen LogP contribution in [0.5, 0.6) is 0 Å². The molecular formula is C17H18FNO2. The molecule has 1 aliphatic rings. The third-order valence-electron chi connectivity index (χ3n) is 4.51. The molecular weight excluding hydrogens is 269 g/mol. The summed E-state index contributed by atoms with van der Waals surface area (Å²) in [6.45, 7) is 4.33. The van der Waals surface area contributed by atoms with Crippen LogP contribution < -0.4 is 0 Å². The fourth-order valence-corrected chi connectivity index (χ4v) is 3.25. The first-order chi connectivity index (χ1) is 9.97. The van der Waals surface area contributed by atoms with Crippen LogP contribution in [0.25, 0.3) is 10.9 Å². The number of rotatable bonds is 2. The molecule has 1 unspecified atom stereocenters. The van der Waals surface area contributed by atoms with E-state index >= 15 is 0 Å². The second kappa shape index (κ2) is 5.10. The Morgan fingerprint density at radius 3 is 2.86 bits per heavy atom. The summed E-state index contributed by atoms with van der Waals surface area (Å²) in [6, 6.07) is 4.14. The van der Waals surface area contributed by atoms with Gasteiger partial charge in [0, 0.05) is 17.1 Å². The number of benzene rings is 1. The van der Waals surface area contributed by atoms with Gasteiger partial charge in [0.1, 0.15) is 5.82 Å². The van der Waals surface area contributed by atoms with E-state index in [1.165, 1.54) is 18.2 Å². The third kappa shape index (κ3) is 2.39. The Bertz CT molecular complexity index is 724. The van der Waals surface area contributed by atoms with Gasteiger partial charge in [0.05, 0.1) is 11.1 Å². The predicted octanol–water partition coefficient (Wildman–Crippen LogP) is 3.83. The smallest absolute Gasteiger partial charge is 0.336 e. The molecule has 1 N–H and O–H groups in total. The summed E-state index contributed by atoms with van der Waals surface area (Å²) in [5.74, 6) is -0.337. The van der Waals surface area contributed by atoms with Crippen molar-refractivity contribution in [2.24, 2.45) is 11.8 Å². The zero-order chi connectivity index (χ0) is 15.1. The van der Waals surface area contributed by atoms with Gasteiger partial charge in [-0.15, -0.1) is 0 Å². The van der Waals surface area contributed by atoms with Gasteiger partial charge in [-0.2, -0.15) is 0 Å². The molecule has 3 rings (SSSR count). The van der Waals surface area contributed by atoms with Crippen LogP contribution in [0.1, 0.15) is 41.9 Å². The van der Waals surface area contributed by atoms with Crippen LogP contribution in [-0.2, 0) is 12.8 Å². The van der Waals surface area contributed by atoms with Gasteiger partial charge >= 0.3 is 5.97 Å². The Hall–Kier alpha value is -1.97. The van der Waals surface area contributed by atoms with E-state index in [4.69, 9.17) is 0 Å². The second-order valence-corrected chi connectivity index (χ2v) is 6.13. The van der Waals surface area contributed by atoms with E-state index in [0.717, 1.165) is 30.5 Å². The molecule has 0 spiro atoms. The lowest BCUT2D eigenvalue weighted by Gasteiger charge is -2.28. The molecule has 0 radical (unpaired) electrons. The molecule has 1 atom stereocenters. The van der Waals surface area contributed by atoms with Crippen molar-refractivity contribution in [1.82, 2.24) is 4.98 Å². The fourth-order valence-electron chi connectivity index (χ4n) is 3.25. The summed E-state index contributed by atoms with van der Waals surface area (Å²) in [4.78, 5) is 16.2. The van der Waals surface area contributed by atoms with Crippen LogP contribution in [-0.4, -0.2) is 16.1 Å². The number of pyridine rings is 1. The molecule has 1 aliphatic carbocycles. The molecule has 0 amide bonds. The van der Waals surface area contributed by atoms with Crippen LogP contribution in [0.3, 0.4) is 0 Å². The van der Waals surface area contributed by atoms with E-state index in [2.05, 4.69) is 18.8 Å². The first-order valence-corrected chi connectivity index (χ1v) is 7.31. The minimum absolute atomic E-state index is 0.306. The highest BCUT2D eigenvalue weighted by Crippen LogP contribution is 2.34. The number of carboxylic acid groups (broad SMARTS) is 1. The number of halogens is 1. The van der Waals surface area contributed by atoms with Gasteiger partial charge in [-0.05, 0) is 48.8 Å². The van der Waals surface area contributed by atoms with Gasteiger partial charge in [-0.25, -0.2) is 9.18 Å². The van der Waals surface area contributed by atoms with Gasteiger partial charge in [0.2, 0.25) is 0 Å². The molecule has 1 aromatic carbocycles. The number of aromatic carboxylic acids is 1. The van der Waals surface area contributed by atoms with E-state index in [1.54, 1.807) is 0 Å². The zero-order valence-corrected chi connectivity index (χ0v) is 12.2. The van der Waals surface area contributed by atoms with Crippen molar-refractivity contribution in [3.63, 3.8) is 0 Å².